The Morgan fingerprint density at radius 2 is 2.22 bits per heavy atom. The van der Waals surface area contributed by atoms with E-state index >= 15 is 0 Å². The Morgan fingerprint density at radius 3 is 2.83 bits per heavy atom. The summed E-state index contributed by atoms with van der Waals surface area (Å²) in [6.07, 6.45) is 0.528. The van der Waals surface area contributed by atoms with E-state index in [0.717, 1.165) is 17.7 Å². The SMILES string of the molecule is CC(C)(C)OC(=O)N1CCC2=C(C1)C(CO)=NC2. The number of hydrogen-bond donors (Lipinski definition) is 1. The Labute approximate surface area is 107 Å². The largest absolute Gasteiger partial charge is 0.444 e. The van der Waals surface area contributed by atoms with Crippen LogP contribution >= 0.6 is 0 Å². The van der Waals surface area contributed by atoms with Gasteiger partial charge >= 0.3 is 6.09 Å². The molecule has 5 nitrogen and oxygen atoms in total. The first-order valence-corrected chi connectivity index (χ1v) is 6.24. The Balaban J connectivity index is 2.03. The fourth-order valence-corrected chi connectivity index (χ4v) is 2.19. The lowest BCUT2D eigenvalue weighted by molar-refractivity contribution is 0.0263. The zero-order chi connectivity index (χ0) is 13.3. The van der Waals surface area contributed by atoms with Crippen LogP contribution in [0.3, 0.4) is 0 Å². The fourth-order valence-electron chi connectivity index (χ4n) is 2.19. The van der Waals surface area contributed by atoms with Crippen molar-refractivity contribution in [3.05, 3.63) is 11.1 Å². The van der Waals surface area contributed by atoms with E-state index in [0.29, 0.717) is 19.6 Å². The van der Waals surface area contributed by atoms with Gasteiger partial charge in [-0.05, 0) is 38.3 Å². The molecule has 0 bridgehead atoms. The molecule has 0 atom stereocenters. The van der Waals surface area contributed by atoms with Gasteiger partial charge in [-0.2, -0.15) is 0 Å². The highest BCUT2D eigenvalue weighted by molar-refractivity contribution is 6.04. The van der Waals surface area contributed by atoms with E-state index in [9.17, 15) is 9.90 Å². The highest BCUT2D eigenvalue weighted by Crippen LogP contribution is 2.25. The van der Waals surface area contributed by atoms with E-state index in [-0.39, 0.29) is 12.7 Å². The second kappa shape index (κ2) is 4.72. The number of aliphatic imine (C=N–C) groups is 1. The van der Waals surface area contributed by atoms with Gasteiger partial charge in [0, 0.05) is 6.54 Å². The average Bonchev–Trinajstić information content (AvgIpc) is 2.68. The molecule has 2 rings (SSSR count). The summed E-state index contributed by atoms with van der Waals surface area (Å²) in [7, 11) is 0. The molecule has 0 saturated carbocycles. The summed E-state index contributed by atoms with van der Waals surface area (Å²) < 4.78 is 5.36. The highest BCUT2D eigenvalue weighted by atomic mass is 16.6. The third-order valence-corrected chi connectivity index (χ3v) is 3.07. The number of rotatable bonds is 1. The Bertz CT molecular complexity index is 418. The van der Waals surface area contributed by atoms with Crippen molar-refractivity contribution >= 4 is 11.8 Å². The van der Waals surface area contributed by atoms with Crippen molar-refractivity contribution < 1.29 is 14.6 Å². The van der Waals surface area contributed by atoms with Crippen molar-refractivity contribution in [2.24, 2.45) is 4.99 Å². The molecule has 0 saturated heterocycles. The molecule has 0 fully saturated rings. The zero-order valence-corrected chi connectivity index (χ0v) is 11.2. The first-order chi connectivity index (χ1) is 8.40. The van der Waals surface area contributed by atoms with E-state index in [1.54, 1.807) is 4.90 Å². The molecule has 5 heteroatoms. The van der Waals surface area contributed by atoms with Gasteiger partial charge in [-0.15, -0.1) is 0 Å². The maximum Gasteiger partial charge on any atom is 0.410 e. The van der Waals surface area contributed by atoms with E-state index in [2.05, 4.69) is 4.99 Å². The van der Waals surface area contributed by atoms with Crippen LogP contribution in [0.5, 0.6) is 0 Å². The summed E-state index contributed by atoms with van der Waals surface area (Å²) in [5, 5.41) is 9.22. The highest BCUT2D eigenvalue weighted by Gasteiger charge is 2.30. The van der Waals surface area contributed by atoms with Gasteiger partial charge in [-0.25, -0.2) is 4.79 Å². The first kappa shape index (κ1) is 13.1. The molecule has 18 heavy (non-hydrogen) atoms. The molecule has 0 spiro atoms. The van der Waals surface area contributed by atoms with Gasteiger partial charge in [0.05, 0.1) is 25.4 Å². The van der Waals surface area contributed by atoms with Crippen LogP contribution in [0.15, 0.2) is 16.1 Å². The lowest BCUT2D eigenvalue weighted by atomic mass is 9.99. The van der Waals surface area contributed by atoms with Crippen LogP contribution in [0.25, 0.3) is 0 Å². The minimum absolute atomic E-state index is 0.0546. The molecular formula is C13H20N2O3. The minimum Gasteiger partial charge on any atom is -0.444 e. The van der Waals surface area contributed by atoms with E-state index in [4.69, 9.17) is 4.74 Å². The zero-order valence-electron chi connectivity index (χ0n) is 11.2. The van der Waals surface area contributed by atoms with Crippen LogP contribution < -0.4 is 0 Å². The topological polar surface area (TPSA) is 62.1 Å². The number of aliphatic hydroxyl groups is 1. The van der Waals surface area contributed by atoms with E-state index in [1.807, 2.05) is 20.8 Å². The predicted molar refractivity (Wildman–Crippen MR) is 68.8 cm³/mol. The smallest absolute Gasteiger partial charge is 0.410 e. The third-order valence-electron chi connectivity index (χ3n) is 3.07. The van der Waals surface area contributed by atoms with Crippen molar-refractivity contribution in [1.82, 2.24) is 4.90 Å². The number of amides is 1. The van der Waals surface area contributed by atoms with Crippen LogP contribution in [0.1, 0.15) is 27.2 Å². The number of carbonyl (C=O) groups excluding carboxylic acids is 1. The quantitative estimate of drug-likeness (QED) is 0.766. The van der Waals surface area contributed by atoms with Crippen LogP contribution in [0.4, 0.5) is 4.79 Å². The van der Waals surface area contributed by atoms with Crippen LogP contribution in [-0.4, -0.2) is 53.7 Å². The molecule has 0 aromatic heterocycles. The fraction of sp³-hybridized carbons (Fsp3) is 0.692. The van der Waals surface area contributed by atoms with Crippen molar-refractivity contribution in [2.75, 3.05) is 26.2 Å². The predicted octanol–water partition coefficient (Wildman–Crippen LogP) is 1.37. The minimum atomic E-state index is -0.477. The van der Waals surface area contributed by atoms with Gasteiger partial charge in [0.25, 0.3) is 0 Å². The van der Waals surface area contributed by atoms with Crippen molar-refractivity contribution in [3.8, 4) is 0 Å². The molecule has 0 unspecified atom stereocenters. The number of aliphatic hydroxyl groups excluding tert-OH is 1. The molecule has 2 aliphatic rings. The summed E-state index contributed by atoms with van der Waals surface area (Å²) in [5.41, 5.74) is 2.52. The molecule has 100 valence electrons. The second-order valence-electron chi connectivity index (χ2n) is 5.66. The molecular weight excluding hydrogens is 232 g/mol. The van der Waals surface area contributed by atoms with Gasteiger partial charge in [0.1, 0.15) is 5.60 Å². The number of carbonyl (C=O) groups is 1. The molecule has 0 radical (unpaired) electrons. The Hall–Kier alpha value is -1.36. The summed E-state index contributed by atoms with van der Waals surface area (Å²) >= 11 is 0. The van der Waals surface area contributed by atoms with Gasteiger partial charge in [0.15, 0.2) is 0 Å². The normalized spacial score (nSPS) is 19.8. The molecule has 1 amide bonds. The molecule has 2 aliphatic heterocycles. The lowest BCUT2D eigenvalue weighted by Crippen LogP contribution is -2.41. The number of nitrogens with zero attached hydrogens (tertiary/aromatic N) is 2. The second-order valence-corrected chi connectivity index (χ2v) is 5.66. The monoisotopic (exact) mass is 252 g/mol. The van der Waals surface area contributed by atoms with E-state index in [1.165, 1.54) is 5.57 Å². The van der Waals surface area contributed by atoms with Gasteiger partial charge in [0.2, 0.25) is 0 Å². The first-order valence-electron chi connectivity index (χ1n) is 6.24. The van der Waals surface area contributed by atoms with Crippen molar-refractivity contribution in [1.29, 1.82) is 0 Å². The van der Waals surface area contributed by atoms with Gasteiger partial charge in [-0.3, -0.25) is 4.99 Å². The summed E-state index contributed by atoms with van der Waals surface area (Å²) in [6.45, 7) is 7.36. The molecule has 0 aromatic rings. The summed E-state index contributed by atoms with van der Waals surface area (Å²) in [5.74, 6) is 0. The van der Waals surface area contributed by atoms with Crippen LogP contribution in [0, 0.1) is 0 Å². The van der Waals surface area contributed by atoms with Gasteiger partial charge < -0.3 is 14.7 Å². The molecule has 0 aliphatic carbocycles. The maximum atomic E-state index is 12.0. The summed E-state index contributed by atoms with van der Waals surface area (Å²) in [4.78, 5) is 17.9. The Morgan fingerprint density at radius 1 is 1.50 bits per heavy atom. The van der Waals surface area contributed by atoms with Crippen molar-refractivity contribution in [2.45, 2.75) is 32.8 Å². The standard InChI is InChI=1S/C13H20N2O3/c1-13(2,3)18-12(17)15-5-4-9-6-14-11(8-16)10(9)7-15/h16H,4-8H2,1-3H3. The van der Waals surface area contributed by atoms with Gasteiger partial charge in [-0.1, -0.05) is 0 Å². The maximum absolute atomic E-state index is 12.0. The summed E-state index contributed by atoms with van der Waals surface area (Å²) in [6, 6.07) is 0. The Kier molecular flexibility index (Phi) is 3.43. The number of ether oxygens (including phenoxy) is 1. The molecule has 2 heterocycles. The van der Waals surface area contributed by atoms with Crippen LogP contribution in [0.2, 0.25) is 0 Å². The molecule has 1 N–H and O–H groups in total. The van der Waals surface area contributed by atoms with Crippen LogP contribution in [-0.2, 0) is 4.74 Å². The third kappa shape index (κ3) is 2.72. The molecule has 0 aromatic carbocycles. The lowest BCUT2D eigenvalue weighted by Gasteiger charge is -2.31. The number of hydrogen-bond acceptors (Lipinski definition) is 4. The van der Waals surface area contributed by atoms with E-state index < -0.39 is 5.60 Å². The average molecular weight is 252 g/mol. The van der Waals surface area contributed by atoms with Crippen molar-refractivity contribution in [3.63, 3.8) is 0 Å².